The van der Waals surface area contributed by atoms with Crippen LogP contribution in [0.1, 0.15) is 12.2 Å². The van der Waals surface area contributed by atoms with Crippen molar-refractivity contribution in [1.82, 2.24) is 14.6 Å². The Hall–Kier alpha value is -2.22. The maximum atomic E-state index is 13.2. The first-order chi connectivity index (χ1) is 12.0. The molecule has 1 atom stereocenters. The number of aromatic nitrogens is 3. The highest BCUT2D eigenvalue weighted by molar-refractivity contribution is 9.10. The van der Waals surface area contributed by atoms with Crippen LogP contribution in [0.2, 0.25) is 0 Å². The molecule has 1 aromatic carbocycles. The average Bonchev–Trinajstić information content (AvgIpc) is 2.98. The highest BCUT2D eigenvalue weighted by Crippen LogP contribution is 2.50. The van der Waals surface area contributed by atoms with E-state index < -0.39 is 11.8 Å². The summed E-state index contributed by atoms with van der Waals surface area (Å²) >= 11 is 3.57. The Morgan fingerprint density at radius 2 is 2.00 bits per heavy atom. The van der Waals surface area contributed by atoms with E-state index in [1.54, 1.807) is 4.40 Å². The first-order valence-corrected chi connectivity index (χ1v) is 8.62. The quantitative estimate of drug-likeness (QED) is 0.656. The van der Waals surface area contributed by atoms with E-state index in [1.807, 2.05) is 30.5 Å². The van der Waals surface area contributed by atoms with E-state index in [9.17, 15) is 8.78 Å². The SMILES string of the molecule is FC1(F)CC1Cc1nnc2c(Br)c(-c3ccc4c(c3)OCO4)ccn12. The lowest BCUT2D eigenvalue weighted by Gasteiger charge is -2.08. The summed E-state index contributed by atoms with van der Waals surface area (Å²) in [5.74, 6) is -1.23. The topological polar surface area (TPSA) is 48.7 Å². The Balaban J connectivity index is 1.54. The first-order valence-electron chi connectivity index (χ1n) is 7.83. The molecule has 8 heteroatoms. The van der Waals surface area contributed by atoms with Crippen molar-refractivity contribution in [3.05, 3.63) is 40.8 Å². The van der Waals surface area contributed by atoms with Gasteiger partial charge in [-0.15, -0.1) is 10.2 Å². The summed E-state index contributed by atoms with van der Waals surface area (Å²) in [6.07, 6.45) is 1.97. The lowest BCUT2D eigenvalue weighted by atomic mass is 10.1. The van der Waals surface area contributed by atoms with Gasteiger partial charge in [0.25, 0.3) is 5.92 Å². The third-order valence-corrected chi connectivity index (χ3v) is 5.44. The van der Waals surface area contributed by atoms with E-state index in [4.69, 9.17) is 9.47 Å². The van der Waals surface area contributed by atoms with Gasteiger partial charge in [-0.1, -0.05) is 6.07 Å². The third-order valence-electron chi connectivity index (χ3n) is 4.66. The lowest BCUT2D eigenvalue weighted by Crippen LogP contribution is -2.02. The molecule has 0 amide bonds. The zero-order valence-electron chi connectivity index (χ0n) is 12.9. The molecule has 0 N–H and O–H groups in total. The summed E-state index contributed by atoms with van der Waals surface area (Å²) in [4.78, 5) is 0. The number of pyridine rings is 1. The molecule has 25 heavy (non-hydrogen) atoms. The smallest absolute Gasteiger partial charge is 0.252 e. The Morgan fingerprint density at radius 1 is 1.20 bits per heavy atom. The van der Waals surface area contributed by atoms with E-state index >= 15 is 0 Å². The van der Waals surface area contributed by atoms with Crippen molar-refractivity contribution >= 4 is 21.6 Å². The van der Waals surface area contributed by atoms with Gasteiger partial charge in [0.1, 0.15) is 5.82 Å². The van der Waals surface area contributed by atoms with Crippen LogP contribution in [0.15, 0.2) is 34.9 Å². The van der Waals surface area contributed by atoms with Gasteiger partial charge in [-0.05, 0) is 39.7 Å². The molecular formula is C17H12BrF2N3O2. The van der Waals surface area contributed by atoms with Gasteiger partial charge >= 0.3 is 0 Å². The minimum absolute atomic E-state index is 0.0711. The molecule has 0 radical (unpaired) electrons. The van der Waals surface area contributed by atoms with Crippen molar-refractivity contribution < 1.29 is 18.3 Å². The van der Waals surface area contributed by atoms with Crippen molar-refractivity contribution in [2.45, 2.75) is 18.8 Å². The standard InChI is InChI=1S/C17H12BrF2N3O2/c18-15-11(9-1-2-12-13(5-9)25-8-24-12)3-4-23-14(21-22-16(15)23)6-10-7-17(10,19)20/h1-5,10H,6-8H2. The van der Waals surface area contributed by atoms with Crippen molar-refractivity contribution in [2.24, 2.45) is 5.92 Å². The number of ether oxygens (including phenoxy) is 2. The number of rotatable bonds is 3. The molecule has 0 saturated heterocycles. The van der Waals surface area contributed by atoms with E-state index in [0.717, 1.165) is 21.3 Å². The molecule has 1 saturated carbocycles. The second kappa shape index (κ2) is 5.14. The lowest BCUT2D eigenvalue weighted by molar-refractivity contribution is 0.0984. The fraction of sp³-hybridized carbons (Fsp3) is 0.294. The van der Waals surface area contributed by atoms with E-state index in [2.05, 4.69) is 26.1 Å². The van der Waals surface area contributed by atoms with Gasteiger partial charge in [-0.25, -0.2) is 8.78 Å². The number of alkyl halides is 2. The number of hydrogen-bond donors (Lipinski definition) is 0. The highest BCUT2D eigenvalue weighted by atomic mass is 79.9. The van der Waals surface area contributed by atoms with Gasteiger partial charge in [-0.3, -0.25) is 4.40 Å². The highest BCUT2D eigenvalue weighted by Gasteiger charge is 2.56. The molecule has 1 fully saturated rings. The summed E-state index contributed by atoms with van der Waals surface area (Å²) in [5, 5.41) is 8.27. The minimum atomic E-state index is -2.56. The molecule has 2 aliphatic rings. The predicted molar refractivity (Wildman–Crippen MR) is 89.0 cm³/mol. The molecule has 1 aliphatic heterocycles. The third kappa shape index (κ3) is 2.38. The van der Waals surface area contributed by atoms with Crippen LogP contribution < -0.4 is 9.47 Å². The van der Waals surface area contributed by atoms with Gasteiger partial charge in [0, 0.05) is 30.5 Å². The van der Waals surface area contributed by atoms with Gasteiger partial charge in [0.05, 0.1) is 4.47 Å². The fourth-order valence-corrected chi connectivity index (χ4v) is 3.74. The van der Waals surface area contributed by atoms with Crippen molar-refractivity contribution in [2.75, 3.05) is 6.79 Å². The molecule has 5 nitrogen and oxygen atoms in total. The van der Waals surface area contributed by atoms with Crippen LogP contribution in [0, 0.1) is 5.92 Å². The Labute approximate surface area is 149 Å². The summed E-state index contributed by atoms with van der Waals surface area (Å²) in [7, 11) is 0. The molecule has 2 aromatic heterocycles. The van der Waals surface area contributed by atoms with E-state index in [1.165, 1.54) is 0 Å². The zero-order chi connectivity index (χ0) is 17.2. The maximum Gasteiger partial charge on any atom is 0.252 e. The van der Waals surface area contributed by atoms with Crippen LogP contribution in [-0.4, -0.2) is 27.3 Å². The number of benzene rings is 1. The first kappa shape index (κ1) is 15.1. The van der Waals surface area contributed by atoms with Gasteiger partial charge in [0.2, 0.25) is 6.79 Å². The Bertz CT molecular complexity index is 1000. The van der Waals surface area contributed by atoms with Gasteiger partial charge in [0.15, 0.2) is 17.1 Å². The number of halogens is 3. The number of fused-ring (bicyclic) bond motifs is 2. The molecule has 0 bridgehead atoms. The maximum absolute atomic E-state index is 13.2. The van der Waals surface area contributed by atoms with Gasteiger partial charge in [-0.2, -0.15) is 0 Å². The van der Waals surface area contributed by atoms with Gasteiger partial charge < -0.3 is 9.47 Å². The molecule has 128 valence electrons. The summed E-state index contributed by atoms with van der Waals surface area (Å²) in [5.41, 5.74) is 2.47. The van der Waals surface area contributed by atoms with Crippen LogP contribution in [-0.2, 0) is 6.42 Å². The number of hydrogen-bond acceptors (Lipinski definition) is 4. The molecule has 5 rings (SSSR count). The normalized spacial score (nSPS) is 20.2. The molecule has 3 heterocycles. The Morgan fingerprint density at radius 3 is 2.80 bits per heavy atom. The van der Waals surface area contributed by atoms with Crippen LogP contribution in [0.3, 0.4) is 0 Å². The van der Waals surface area contributed by atoms with Crippen LogP contribution in [0.5, 0.6) is 11.5 Å². The van der Waals surface area contributed by atoms with Crippen LogP contribution in [0.25, 0.3) is 16.8 Å². The van der Waals surface area contributed by atoms with Crippen molar-refractivity contribution in [3.8, 4) is 22.6 Å². The number of nitrogens with zero attached hydrogens (tertiary/aromatic N) is 3. The van der Waals surface area contributed by atoms with E-state index in [-0.39, 0.29) is 19.6 Å². The largest absolute Gasteiger partial charge is 0.454 e. The van der Waals surface area contributed by atoms with Crippen LogP contribution in [0.4, 0.5) is 8.78 Å². The van der Waals surface area contributed by atoms with Crippen LogP contribution >= 0.6 is 15.9 Å². The zero-order valence-corrected chi connectivity index (χ0v) is 14.5. The Kier molecular flexibility index (Phi) is 3.10. The monoisotopic (exact) mass is 407 g/mol. The molecule has 1 unspecified atom stereocenters. The minimum Gasteiger partial charge on any atom is -0.454 e. The molecule has 1 aliphatic carbocycles. The fourth-order valence-electron chi connectivity index (χ4n) is 3.11. The second-order valence-electron chi connectivity index (χ2n) is 6.29. The van der Waals surface area contributed by atoms with Crippen molar-refractivity contribution in [1.29, 1.82) is 0 Å². The summed E-state index contributed by atoms with van der Waals surface area (Å²) in [6.45, 7) is 0.221. The molecule has 0 spiro atoms. The molecular weight excluding hydrogens is 396 g/mol. The summed E-state index contributed by atoms with van der Waals surface area (Å²) in [6, 6.07) is 7.61. The van der Waals surface area contributed by atoms with E-state index in [0.29, 0.717) is 17.2 Å². The molecule has 3 aromatic rings. The predicted octanol–water partition coefficient (Wildman–Crippen LogP) is 4.09. The van der Waals surface area contributed by atoms with Crippen molar-refractivity contribution in [3.63, 3.8) is 0 Å². The second-order valence-corrected chi connectivity index (χ2v) is 7.08. The summed E-state index contributed by atoms with van der Waals surface area (Å²) < 4.78 is 39.6. The average molecular weight is 408 g/mol.